The van der Waals surface area contributed by atoms with Crippen LogP contribution in [0.1, 0.15) is 51.9 Å². The van der Waals surface area contributed by atoms with Crippen molar-refractivity contribution in [1.82, 2.24) is 4.90 Å². The molecule has 0 spiro atoms. The summed E-state index contributed by atoms with van der Waals surface area (Å²) in [6.07, 6.45) is 8.24. The summed E-state index contributed by atoms with van der Waals surface area (Å²) in [5, 5.41) is 28.0. The lowest BCUT2D eigenvalue weighted by Crippen LogP contribution is -2.70. The molecule has 1 fully saturated rings. The third-order valence-corrected chi connectivity index (χ3v) is 4.03. The van der Waals surface area contributed by atoms with Crippen LogP contribution in [0.25, 0.3) is 0 Å². The van der Waals surface area contributed by atoms with E-state index in [4.69, 9.17) is 10.2 Å². The van der Waals surface area contributed by atoms with Crippen LogP contribution in [0.5, 0.6) is 0 Å². The van der Waals surface area contributed by atoms with Crippen molar-refractivity contribution >= 4 is 0 Å². The average Bonchev–Trinajstić information content (AvgIpc) is 2.37. The molecular weight excluding hydrogens is 230 g/mol. The summed E-state index contributed by atoms with van der Waals surface area (Å²) in [6.45, 7) is 3.06. The first-order valence-corrected chi connectivity index (χ1v) is 7.41. The predicted molar refractivity (Wildman–Crippen MR) is 72.5 cm³/mol. The highest BCUT2D eigenvalue weighted by Gasteiger charge is 2.45. The van der Waals surface area contributed by atoms with E-state index in [1.54, 1.807) is 0 Å². The molecule has 1 saturated heterocycles. The van der Waals surface area contributed by atoms with Gasteiger partial charge in [0.2, 0.25) is 0 Å². The molecule has 1 heterocycles. The van der Waals surface area contributed by atoms with Crippen molar-refractivity contribution in [3.05, 3.63) is 0 Å². The summed E-state index contributed by atoms with van der Waals surface area (Å²) in [5.74, 6) is 0. The Kier molecular flexibility index (Phi) is 7.82. The van der Waals surface area contributed by atoms with Gasteiger partial charge in [-0.3, -0.25) is 4.90 Å². The maximum absolute atomic E-state index is 9.68. The Bertz CT molecular complexity index is 201. The normalized spacial score (nSPS) is 25.3. The van der Waals surface area contributed by atoms with Gasteiger partial charge in [-0.25, -0.2) is 0 Å². The second-order valence-electron chi connectivity index (χ2n) is 5.35. The lowest BCUT2D eigenvalue weighted by molar-refractivity contribution is -0.148. The van der Waals surface area contributed by atoms with Gasteiger partial charge in [-0.2, -0.15) is 0 Å². The minimum atomic E-state index is -0.565. The largest absolute Gasteiger partial charge is 0.395 e. The first-order valence-electron chi connectivity index (χ1n) is 7.41. The molecule has 108 valence electrons. The van der Waals surface area contributed by atoms with Crippen molar-refractivity contribution in [2.24, 2.45) is 0 Å². The number of rotatable bonds is 10. The van der Waals surface area contributed by atoms with Crippen LogP contribution in [-0.2, 0) is 0 Å². The van der Waals surface area contributed by atoms with Crippen LogP contribution in [-0.4, -0.2) is 58.2 Å². The summed E-state index contributed by atoms with van der Waals surface area (Å²) in [7, 11) is 0. The van der Waals surface area contributed by atoms with E-state index in [-0.39, 0.29) is 25.3 Å². The average molecular weight is 259 g/mol. The fourth-order valence-electron chi connectivity index (χ4n) is 2.80. The molecule has 1 aliphatic heterocycles. The summed E-state index contributed by atoms with van der Waals surface area (Å²) >= 11 is 0. The zero-order chi connectivity index (χ0) is 13.4. The summed E-state index contributed by atoms with van der Waals surface area (Å²) in [5.41, 5.74) is 0. The maximum atomic E-state index is 9.68. The lowest BCUT2D eigenvalue weighted by Gasteiger charge is -2.51. The van der Waals surface area contributed by atoms with Gasteiger partial charge in [0.1, 0.15) is 0 Å². The number of hydrogen-bond acceptors (Lipinski definition) is 4. The molecule has 1 rings (SSSR count). The highest BCUT2D eigenvalue weighted by molar-refractivity contribution is 5.00. The van der Waals surface area contributed by atoms with E-state index in [9.17, 15) is 5.11 Å². The monoisotopic (exact) mass is 259 g/mol. The molecule has 0 aromatic heterocycles. The molecule has 0 saturated carbocycles. The summed E-state index contributed by atoms with van der Waals surface area (Å²) < 4.78 is 0. The molecule has 0 radical (unpaired) electrons. The molecular formula is C14H29NO3. The van der Waals surface area contributed by atoms with E-state index in [1.165, 1.54) is 38.5 Å². The van der Waals surface area contributed by atoms with Gasteiger partial charge < -0.3 is 15.3 Å². The van der Waals surface area contributed by atoms with Crippen LogP contribution in [0.3, 0.4) is 0 Å². The van der Waals surface area contributed by atoms with Gasteiger partial charge >= 0.3 is 0 Å². The van der Waals surface area contributed by atoms with E-state index >= 15 is 0 Å². The highest BCUT2D eigenvalue weighted by atomic mass is 16.3. The Morgan fingerprint density at radius 2 is 1.33 bits per heavy atom. The third kappa shape index (κ3) is 4.19. The van der Waals surface area contributed by atoms with Crippen LogP contribution in [0.15, 0.2) is 0 Å². The lowest BCUT2D eigenvalue weighted by atomic mass is 9.89. The molecule has 0 aromatic rings. The fourth-order valence-corrected chi connectivity index (χ4v) is 2.80. The molecule has 4 heteroatoms. The zero-order valence-corrected chi connectivity index (χ0v) is 11.6. The van der Waals surface area contributed by atoms with Gasteiger partial charge in [0.15, 0.2) is 0 Å². The number of aliphatic hydroxyl groups excluding tert-OH is 3. The van der Waals surface area contributed by atoms with Crippen molar-refractivity contribution in [2.75, 3.05) is 19.8 Å². The Hall–Kier alpha value is -0.160. The number of unbranched alkanes of at least 4 members (excludes halogenated alkanes) is 6. The molecule has 18 heavy (non-hydrogen) atoms. The minimum Gasteiger partial charge on any atom is -0.395 e. The minimum absolute atomic E-state index is 0.0197. The quantitative estimate of drug-likeness (QED) is 0.515. The standard InChI is InChI=1S/C14H29NO3/c1-2-3-4-5-6-7-8-9-15-12(10-16)14(18)13(15)11-17/h12-14,16-18H,2-11H2,1H3/t12-,13-/m0/s1. The number of aliphatic hydroxyl groups is 3. The van der Waals surface area contributed by atoms with Gasteiger partial charge in [0.05, 0.1) is 31.4 Å². The SMILES string of the molecule is CCCCCCCCCN1[C@@H](CO)C(O)[C@@H]1CO. The second-order valence-corrected chi connectivity index (χ2v) is 5.35. The van der Waals surface area contributed by atoms with Gasteiger partial charge in [0, 0.05) is 0 Å². The van der Waals surface area contributed by atoms with Crippen LogP contribution >= 0.6 is 0 Å². The van der Waals surface area contributed by atoms with Crippen molar-refractivity contribution in [1.29, 1.82) is 0 Å². The first-order chi connectivity index (χ1) is 8.76. The molecule has 0 aliphatic carbocycles. The van der Waals surface area contributed by atoms with Crippen molar-refractivity contribution in [2.45, 2.75) is 70.1 Å². The van der Waals surface area contributed by atoms with E-state index in [0.29, 0.717) is 0 Å². The van der Waals surface area contributed by atoms with Crippen LogP contribution in [0.4, 0.5) is 0 Å². The van der Waals surface area contributed by atoms with Gasteiger partial charge in [-0.1, -0.05) is 45.4 Å². The number of nitrogens with zero attached hydrogens (tertiary/aromatic N) is 1. The second kappa shape index (κ2) is 8.86. The highest BCUT2D eigenvalue weighted by Crippen LogP contribution is 2.26. The van der Waals surface area contributed by atoms with Gasteiger partial charge in [-0.05, 0) is 13.0 Å². The predicted octanol–water partition coefficient (Wildman–Crippen LogP) is 1.14. The number of hydrogen-bond donors (Lipinski definition) is 3. The maximum Gasteiger partial charge on any atom is 0.0895 e. The molecule has 0 aromatic carbocycles. The van der Waals surface area contributed by atoms with Crippen LogP contribution in [0.2, 0.25) is 0 Å². The van der Waals surface area contributed by atoms with Crippen molar-refractivity contribution < 1.29 is 15.3 Å². The zero-order valence-electron chi connectivity index (χ0n) is 11.6. The number of likely N-dealkylation sites (tertiary alicyclic amines) is 1. The van der Waals surface area contributed by atoms with E-state index < -0.39 is 6.10 Å². The molecule has 0 amide bonds. The van der Waals surface area contributed by atoms with Crippen LogP contribution < -0.4 is 0 Å². The smallest absolute Gasteiger partial charge is 0.0895 e. The molecule has 4 nitrogen and oxygen atoms in total. The Morgan fingerprint density at radius 1 is 0.833 bits per heavy atom. The first kappa shape index (κ1) is 15.9. The molecule has 2 atom stereocenters. The molecule has 1 aliphatic rings. The topological polar surface area (TPSA) is 63.9 Å². The summed E-state index contributed by atoms with van der Waals surface area (Å²) in [4.78, 5) is 2.04. The van der Waals surface area contributed by atoms with Gasteiger partial charge in [-0.15, -0.1) is 0 Å². The van der Waals surface area contributed by atoms with E-state index in [0.717, 1.165) is 13.0 Å². The van der Waals surface area contributed by atoms with Crippen molar-refractivity contribution in [3.8, 4) is 0 Å². The van der Waals surface area contributed by atoms with Crippen molar-refractivity contribution in [3.63, 3.8) is 0 Å². The van der Waals surface area contributed by atoms with Crippen LogP contribution in [0, 0.1) is 0 Å². The fraction of sp³-hybridized carbons (Fsp3) is 1.00. The van der Waals surface area contributed by atoms with E-state index in [1.807, 2.05) is 4.90 Å². The Labute approximate surface area is 111 Å². The Balaban J connectivity index is 2.07. The summed E-state index contributed by atoms with van der Waals surface area (Å²) in [6, 6.07) is -0.329. The molecule has 0 unspecified atom stereocenters. The van der Waals surface area contributed by atoms with E-state index in [2.05, 4.69) is 6.92 Å². The molecule has 3 N–H and O–H groups in total. The third-order valence-electron chi connectivity index (χ3n) is 4.03. The Morgan fingerprint density at radius 3 is 1.83 bits per heavy atom. The molecule has 0 bridgehead atoms. The van der Waals surface area contributed by atoms with Gasteiger partial charge in [0.25, 0.3) is 0 Å².